The molecule has 8 nitrogen and oxygen atoms in total. The van der Waals surface area contributed by atoms with Gasteiger partial charge in [-0.2, -0.15) is 0 Å². The lowest BCUT2D eigenvalue weighted by Crippen LogP contribution is -2.51. The minimum absolute atomic E-state index is 0.00195. The van der Waals surface area contributed by atoms with Crippen LogP contribution in [0.2, 0.25) is 10.2 Å². The quantitative estimate of drug-likeness (QED) is 0.607. The number of halogens is 2. The first kappa shape index (κ1) is 23.0. The maximum absolute atomic E-state index is 12.5. The van der Waals surface area contributed by atoms with E-state index in [4.69, 9.17) is 39.4 Å². The van der Waals surface area contributed by atoms with Crippen molar-refractivity contribution in [2.24, 2.45) is 11.1 Å². The number of pyridine rings is 1. The summed E-state index contributed by atoms with van der Waals surface area (Å²) in [6.07, 6.45) is 5.12. The van der Waals surface area contributed by atoms with Gasteiger partial charge < -0.3 is 21.1 Å². The lowest BCUT2D eigenvalue weighted by Gasteiger charge is -2.41. The van der Waals surface area contributed by atoms with Crippen molar-refractivity contribution in [2.45, 2.75) is 46.9 Å². The average Bonchev–Trinajstić information content (AvgIpc) is 3.01. The summed E-state index contributed by atoms with van der Waals surface area (Å²) in [6.45, 7) is 4.24. The zero-order chi connectivity index (χ0) is 22.3. The van der Waals surface area contributed by atoms with Crippen LogP contribution in [0.1, 0.15) is 19.8 Å². The molecule has 2 aliphatic rings. The number of ether oxygens (including phenoxy) is 1. The van der Waals surface area contributed by atoms with Crippen molar-refractivity contribution in [3.05, 3.63) is 22.4 Å². The number of rotatable bonds is 4. The Hall–Kier alpha value is -1.17. The van der Waals surface area contributed by atoms with E-state index in [1.54, 1.807) is 18.5 Å². The van der Waals surface area contributed by atoms with Gasteiger partial charge in [-0.1, -0.05) is 35.0 Å². The Morgan fingerprint density at radius 3 is 2.65 bits per heavy atom. The van der Waals surface area contributed by atoms with E-state index < -0.39 is 10.8 Å². The van der Waals surface area contributed by atoms with Crippen molar-refractivity contribution in [3.8, 4) is 0 Å². The van der Waals surface area contributed by atoms with Gasteiger partial charge in [0.15, 0.2) is 16.0 Å². The van der Waals surface area contributed by atoms with E-state index in [2.05, 4.69) is 19.9 Å². The minimum Gasteiger partial charge on any atom is -0.384 e. The molecule has 0 amide bonds. The topological polar surface area (TPSA) is 120 Å². The zero-order valence-corrected chi connectivity index (χ0v) is 20.3. The van der Waals surface area contributed by atoms with Gasteiger partial charge in [0.1, 0.15) is 10.8 Å². The summed E-state index contributed by atoms with van der Waals surface area (Å²) in [4.78, 5) is 15.9. The van der Waals surface area contributed by atoms with Crippen LogP contribution in [0.15, 0.2) is 27.2 Å². The second kappa shape index (κ2) is 8.99. The summed E-state index contributed by atoms with van der Waals surface area (Å²) < 4.78 is 18.3. The number of piperidine rings is 1. The summed E-state index contributed by atoms with van der Waals surface area (Å²) in [5, 5.41) is 1.40. The molecule has 0 aliphatic carbocycles. The predicted molar refractivity (Wildman–Crippen MR) is 124 cm³/mol. The van der Waals surface area contributed by atoms with E-state index in [-0.39, 0.29) is 33.6 Å². The minimum atomic E-state index is -1.32. The summed E-state index contributed by atoms with van der Waals surface area (Å²) in [7, 11) is -1.32. The fourth-order valence-electron chi connectivity index (χ4n) is 4.13. The standard InChI is InChI=1S/C19H24Cl2N6O2S2/c1-10-15(23)19(9-29-10)3-5-27(6-4-19)17-18(31(2)28)26-13(8-24-17)30-11-7-12(22)25-16(21)14(11)20/h7-8,10,15H,3-6,9,23H2,1-2H3,(H2,22,25)/t10-,15+,31?/m0/s1. The van der Waals surface area contributed by atoms with Crippen LogP contribution in [0.5, 0.6) is 0 Å². The highest BCUT2D eigenvalue weighted by Crippen LogP contribution is 2.42. The second-order valence-electron chi connectivity index (χ2n) is 7.93. The number of nitrogens with zero attached hydrogens (tertiary/aromatic N) is 4. The van der Waals surface area contributed by atoms with Gasteiger partial charge in [0.05, 0.1) is 34.7 Å². The molecule has 168 valence electrons. The molecular weight excluding hydrogens is 479 g/mol. The molecule has 31 heavy (non-hydrogen) atoms. The molecule has 0 bridgehead atoms. The Morgan fingerprint density at radius 2 is 2.03 bits per heavy atom. The summed E-state index contributed by atoms with van der Waals surface area (Å²) >= 11 is 13.5. The Bertz CT molecular complexity index is 1020. The van der Waals surface area contributed by atoms with Crippen LogP contribution < -0.4 is 16.4 Å². The van der Waals surface area contributed by atoms with E-state index in [1.165, 1.54) is 11.8 Å². The predicted octanol–water partition coefficient (Wildman–Crippen LogP) is 2.98. The van der Waals surface area contributed by atoms with E-state index in [1.807, 2.05) is 6.92 Å². The van der Waals surface area contributed by atoms with Crippen LogP contribution in [0.25, 0.3) is 0 Å². The zero-order valence-electron chi connectivity index (χ0n) is 17.2. The van der Waals surface area contributed by atoms with E-state index in [9.17, 15) is 4.21 Å². The van der Waals surface area contributed by atoms with Gasteiger partial charge in [0, 0.05) is 35.7 Å². The SMILES string of the molecule is C[C@@H]1OCC2(CCN(c3ncc(Sc4cc(N)nc(Cl)c4Cl)nc3S(C)=O)CC2)[C@@H]1N. The van der Waals surface area contributed by atoms with Gasteiger partial charge >= 0.3 is 0 Å². The van der Waals surface area contributed by atoms with Crippen molar-refractivity contribution >= 4 is 57.4 Å². The molecular formula is C19H24Cl2N6O2S2. The normalized spacial score (nSPS) is 24.0. The van der Waals surface area contributed by atoms with E-state index >= 15 is 0 Å². The van der Waals surface area contributed by atoms with Gasteiger partial charge in [-0.25, -0.2) is 15.0 Å². The second-order valence-corrected chi connectivity index (χ2v) is 11.0. The number of hydrogen-bond donors (Lipinski definition) is 2. The first-order valence-electron chi connectivity index (χ1n) is 9.82. The van der Waals surface area contributed by atoms with Crippen LogP contribution in [0.3, 0.4) is 0 Å². The van der Waals surface area contributed by atoms with Crippen LogP contribution in [0.4, 0.5) is 11.6 Å². The van der Waals surface area contributed by atoms with Gasteiger partial charge in [-0.15, -0.1) is 0 Å². The fourth-order valence-corrected chi connectivity index (χ4v) is 6.15. The van der Waals surface area contributed by atoms with E-state index in [0.29, 0.717) is 27.4 Å². The maximum Gasteiger partial charge on any atom is 0.170 e. The van der Waals surface area contributed by atoms with Crippen molar-refractivity contribution in [3.63, 3.8) is 0 Å². The van der Waals surface area contributed by atoms with Gasteiger partial charge in [-0.3, -0.25) is 4.21 Å². The lowest BCUT2D eigenvalue weighted by molar-refractivity contribution is 0.0973. The average molecular weight is 503 g/mol. The fraction of sp³-hybridized carbons (Fsp3) is 0.526. The van der Waals surface area contributed by atoms with E-state index in [0.717, 1.165) is 25.9 Å². The van der Waals surface area contributed by atoms with Crippen LogP contribution in [0, 0.1) is 5.41 Å². The van der Waals surface area contributed by atoms with Crippen LogP contribution in [-0.4, -0.2) is 57.3 Å². The van der Waals surface area contributed by atoms with Crippen molar-refractivity contribution < 1.29 is 8.95 Å². The lowest BCUT2D eigenvalue weighted by atomic mass is 9.73. The van der Waals surface area contributed by atoms with Gasteiger partial charge in [0.2, 0.25) is 0 Å². The molecule has 0 radical (unpaired) electrons. The summed E-state index contributed by atoms with van der Waals surface area (Å²) in [6, 6.07) is 1.65. The first-order chi connectivity index (χ1) is 14.7. The van der Waals surface area contributed by atoms with Crippen molar-refractivity contribution in [1.82, 2.24) is 15.0 Å². The third kappa shape index (κ3) is 4.51. The highest BCUT2D eigenvalue weighted by molar-refractivity contribution is 7.99. The van der Waals surface area contributed by atoms with Crippen molar-refractivity contribution in [2.75, 3.05) is 36.6 Å². The Balaban J connectivity index is 1.56. The number of anilines is 2. The Labute approximate surface area is 197 Å². The molecule has 4 heterocycles. The van der Waals surface area contributed by atoms with Crippen LogP contribution >= 0.6 is 35.0 Å². The highest BCUT2D eigenvalue weighted by Gasteiger charge is 2.47. The molecule has 2 aromatic rings. The molecule has 2 aliphatic heterocycles. The third-order valence-corrected chi connectivity index (χ3v) is 8.63. The molecule has 3 atom stereocenters. The summed E-state index contributed by atoms with van der Waals surface area (Å²) in [5.41, 5.74) is 12.2. The van der Waals surface area contributed by atoms with Gasteiger partial charge in [-0.05, 0) is 25.8 Å². The van der Waals surface area contributed by atoms with Gasteiger partial charge in [0.25, 0.3) is 0 Å². The molecule has 4 N–H and O–H groups in total. The molecule has 2 aromatic heterocycles. The molecule has 2 fully saturated rings. The number of aromatic nitrogens is 3. The molecule has 2 saturated heterocycles. The largest absolute Gasteiger partial charge is 0.384 e. The molecule has 0 saturated carbocycles. The first-order valence-corrected chi connectivity index (χ1v) is 13.0. The molecule has 12 heteroatoms. The number of nitrogen functional groups attached to an aromatic ring is 1. The Kier molecular flexibility index (Phi) is 6.67. The number of hydrogen-bond acceptors (Lipinski definition) is 9. The smallest absolute Gasteiger partial charge is 0.170 e. The monoisotopic (exact) mass is 502 g/mol. The number of nitrogens with two attached hydrogens (primary N) is 2. The molecule has 1 spiro atoms. The van der Waals surface area contributed by atoms with Crippen LogP contribution in [-0.2, 0) is 15.5 Å². The molecule has 4 rings (SSSR count). The Morgan fingerprint density at radius 1 is 1.32 bits per heavy atom. The summed E-state index contributed by atoms with van der Waals surface area (Å²) in [5.74, 6) is 0.894. The maximum atomic E-state index is 12.5. The van der Waals surface area contributed by atoms with Crippen molar-refractivity contribution in [1.29, 1.82) is 0 Å². The highest BCUT2D eigenvalue weighted by atomic mass is 35.5. The molecule has 0 aromatic carbocycles. The molecule has 1 unspecified atom stereocenters. The third-order valence-electron chi connectivity index (χ3n) is 6.00.